The van der Waals surface area contributed by atoms with Gasteiger partial charge in [0.25, 0.3) is 11.8 Å². The number of fused-ring (bicyclic) bond motifs is 1. The summed E-state index contributed by atoms with van der Waals surface area (Å²) in [4.78, 5) is 43.0. The maximum absolute atomic E-state index is 13.3. The van der Waals surface area contributed by atoms with Gasteiger partial charge in [0.15, 0.2) is 5.82 Å². The Balaban J connectivity index is 1.35. The number of aromatic nitrogens is 4. The summed E-state index contributed by atoms with van der Waals surface area (Å²) in [5, 5.41) is 0. The Morgan fingerprint density at radius 1 is 1.18 bits per heavy atom. The number of imidazole rings is 1. The van der Waals surface area contributed by atoms with Crippen molar-refractivity contribution in [3.8, 4) is 5.88 Å². The van der Waals surface area contributed by atoms with Gasteiger partial charge >= 0.3 is 0 Å². The van der Waals surface area contributed by atoms with Crippen LogP contribution in [0.2, 0.25) is 0 Å². The first-order valence-corrected chi connectivity index (χ1v) is 11.4. The number of carbonyl (C=O) groups excluding carboxylic acids is 2. The second kappa shape index (κ2) is 8.23. The second-order valence-corrected chi connectivity index (χ2v) is 9.35. The van der Waals surface area contributed by atoms with E-state index >= 15 is 0 Å². The summed E-state index contributed by atoms with van der Waals surface area (Å²) < 4.78 is 7.03. The molecule has 0 saturated carbocycles. The SMILES string of the molecule is COc1ccc2c(n1)C(C)(C)N(c1cncc(C3CCN(C(=O)c4nccn4C)CC3)c1)C2=O. The molecule has 2 amide bonds. The summed E-state index contributed by atoms with van der Waals surface area (Å²) in [6.07, 6.45) is 8.68. The number of likely N-dealkylation sites (tertiary alicyclic amines) is 1. The van der Waals surface area contributed by atoms with Crippen molar-refractivity contribution in [2.45, 2.75) is 38.1 Å². The van der Waals surface area contributed by atoms with Gasteiger partial charge in [-0.1, -0.05) is 0 Å². The third-order valence-electron chi connectivity index (χ3n) is 6.92. The van der Waals surface area contributed by atoms with Gasteiger partial charge in [0, 0.05) is 44.8 Å². The fraction of sp³-hybridized carbons (Fsp3) is 0.400. The molecular formula is C25H28N6O3. The zero-order valence-corrected chi connectivity index (χ0v) is 19.9. The number of rotatable bonds is 4. The fourth-order valence-corrected chi connectivity index (χ4v) is 5.03. The van der Waals surface area contributed by atoms with Crippen molar-refractivity contribution >= 4 is 17.5 Å². The summed E-state index contributed by atoms with van der Waals surface area (Å²) >= 11 is 0. The first-order chi connectivity index (χ1) is 16.3. The Morgan fingerprint density at radius 2 is 1.94 bits per heavy atom. The third kappa shape index (κ3) is 3.52. The molecule has 5 rings (SSSR count). The van der Waals surface area contributed by atoms with E-state index in [1.807, 2.05) is 32.0 Å². The quantitative estimate of drug-likeness (QED) is 0.594. The lowest BCUT2D eigenvalue weighted by Crippen LogP contribution is -2.40. The molecule has 3 aromatic heterocycles. The summed E-state index contributed by atoms with van der Waals surface area (Å²) in [5.74, 6) is 1.08. The summed E-state index contributed by atoms with van der Waals surface area (Å²) in [7, 11) is 3.40. The molecule has 0 atom stereocenters. The van der Waals surface area contributed by atoms with Gasteiger partial charge in [-0.15, -0.1) is 0 Å². The number of carbonyl (C=O) groups is 2. The van der Waals surface area contributed by atoms with Gasteiger partial charge in [-0.05, 0) is 50.3 Å². The Morgan fingerprint density at radius 3 is 2.62 bits per heavy atom. The van der Waals surface area contributed by atoms with Crippen LogP contribution in [-0.4, -0.2) is 56.4 Å². The van der Waals surface area contributed by atoms with Gasteiger partial charge in [0.05, 0.1) is 35.8 Å². The molecule has 0 unspecified atom stereocenters. The zero-order valence-electron chi connectivity index (χ0n) is 19.9. The molecule has 1 fully saturated rings. The molecule has 34 heavy (non-hydrogen) atoms. The number of anilines is 1. The highest BCUT2D eigenvalue weighted by atomic mass is 16.5. The summed E-state index contributed by atoms with van der Waals surface area (Å²) in [6, 6.07) is 5.54. The molecule has 0 N–H and O–H groups in total. The fourth-order valence-electron chi connectivity index (χ4n) is 5.03. The van der Waals surface area contributed by atoms with Crippen LogP contribution in [0.5, 0.6) is 5.88 Å². The van der Waals surface area contributed by atoms with Gasteiger partial charge in [0.1, 0.15) is 0 Å². The Hall–Kier alpha value is -3.75. The molecule has 9 heteroatoms. The molecule has 0 radical (unpaired) electrons. The highest BCUT2D eigenvalue weighted by Crippen LogP contribution is 2.42. The van der Waals surface area contributed by atoms with Gasteiger partial charge in [0.2, 0.25) is 5.88 Å². The van der Waals surface area contributed by atoms with Crippen molar-refractivity contribution in [3.63, 3.8) is 0 Å². The number of amides is 2. The number of methoxy groups -OCH3 is 1. The molecule has 5 heterocycles. The van der Waals surface area contributed by atoms with Crippen molar-refractivity contribution in [2.24, 2.45) is 7.05 Å². The second-order valence-electron chi connectivity index (χ2n) is 9.35. The lowest BCUT2D eigenvalue weighted by Gasteiger charge is -2.34. The predicted octanol–water partition coefficient (Wildman–Crippen LogP) is 3.13. The molecule has 176 valence electrons. The van der Waals surface area contributed by atoms with E-state index < -0.39 is 5.54 Å². The predicted molar refractivity (Wildman–Crippen MR) is 126 cm³/mol. The van der Waals surface area contributed by atoms with Crippen LogP contribution in [0.3, 0.4) is 0 Å². The number of ether oxygens (including phenoxy) is 1. The van der Waals surface area contributed by atoms with Gasteiger partial charge in [-0.25, -0.2) is 9.97 Å². The van der Waals surface area contributed by atoms with E-state index in [-0.39, 0.29) is 17.7 Å². The van der Waals surface area contributed by atoms with Gasteiger partial charge < -0.3 is 14.2 Å². The number of nitrogens with zero attached hydrogens (tertiary/aromatic N) is 6. The van der Waals surface area contributed by atoms with E-state index in [0.29, 0.717) is 36.1 Å². The van der Waals surface area contributed by atoms with Crippen molar-refractivity contribution in [3.05, 3.63) is 65.6 Å². The Labute approximate surface area is 198 Å². The smallest absolute Gasteiger partial charge is 0.289 e. The number of piperidine rings is 1. The topological polar surface area (TPSA) is 93.4 Å². The number of hydrogen-bond donors (Lipinski definition) is 0. The molecule has 3 aromatic rings. The van der Waals surface area contributed by atoms with Crippen LogP contribution in [0.25, 0.3) is 0 Å². The number of aryl methyl sites for hydroxylation is 1. The van der Waals surface area contributed by atoms with Crippen LogP contribution in [0.15, 0.2) is 43.0 Å². The average Bonchev–Trinajstić information content (AvgIpc) is 3.36. The van der Waals surface area contributed by atoms with Gasteiger partial charge in [-0.3, -0.25) is 19.5 Å². The third-order valence-corrected chi connectivity index (χ3v) is 6.92. The molecule has 2 aliphatic heterocycles. The molecule has 9 nitrogen and oxygen atoms in total. The molecule has 0 spiro atoms. The standard InChI is InChI=1S/C25H28N6O3/c1-25(2)21-19(5-6-20(28-21)34-4)23(32)31(25)18-13-17(14-26-15-18)16-7-10-30(11-8-16)24(33)22-27-9-12-29(22)3/h5-6,9,12-16H,7-8,10-11H2,1-4H3. The first kappa shape index (κ1) is 22.1. The largest absolute Gasteiger partial charge is 0.481 e. The van der Waals surface area contributed by atoms with E-state index in [0.717, 1.165) is 24.1 Å². The Bertz CT molecular complexity index is 1260. The van der Waals surface area contributed by atoms with E-state index in [1.165, 1.54) is 0 Å². The number of pyridine rings is 2. The van der Waals surface area contributed by atoms with E-state index in [4.69, 9.17) is 4.74 Å². The maximum Gasteiger partial charge on any atom is 0.289 e. The Kier molecular flexibility index (Phi) is 5.34. The lowest BCUT2D eigenvalue weighted by molar-refractivity contribution is 0.0696. The summed E-state index contributed by atoms with van der Waals surface area (Å²) in [6.45, 7) is 5.28. The van der Waals surface area contributed by atoms with Crippen molar-refractivity contribution in [1.29, 1.82) is 0 Å². The highest BCUT2D eigenvalue weighted by molar-refractivity contribution is 6.11. The number of hydrogen-bond acceptors (Lipinski definition) is 6. The van der Waals surface area contributed by atoms with E-state index in [1.54, 1.807) is 47.3 Å². The van der Waals surface area contributed by atoms with Crippen LogP contribution in [0.1, 0.15) is 64.8 Å². The minimum Gasteiger partial charge on any atom is -0.481 e. The molecule has 0 bridgehead atoms. The molecule has 1 saturated heterocycles. The van der Waals surface area contributed by atoms with Crippen molar-refractivity contribution in [2.75, 3.05) is 25.1 Å². The van der Waals surface area contributed by atoms with E-state index in [2.05, 4.69) is 21.0 Å². The minimum absolute atomic E-state index is 0.0390. The molecule has 0 aromatic carbocycles. The molecule has 0 aliphatic carbocycles. The summed E-state index contributed by atoms with van der Waals surface area (Å²) in [5.41, 5.74) is 2.46. The van der Waals surface area contributed by atoms with Gasteiger partial charge in [-0.2, -0.15) is 0 Å². The van der Waals surface area contributed by atoms with Crippen LogP contribution in [0, 0.1) is 0 Å². The van der Waals surface area contributed by atoms with Crippen LogP contribution < -0.4 is 9.64 Å². The minimum atomic E-state index is -0.640. The maximum atomic E-state index is 13.3. The monoisotopic (exact) mass is 460 g/mol. The first-order valence-electron chi connectivity index (χ1n) is 11.4. The van der Waals surface area contributed by atoms with E-state index in [9.17, 15) is 9.59 Å². The highest BCUT2D eigenvalue weighted by Gasteiger charge is 2.46. The van der Waals surface area contributed by atoms with Crippen LogP contribution in [-0.2, 0) is 12.6 Å². The normalized spacial score (nSPS) is 17.7. The van der Waals surface area contributed by atoms with Crippen LogP contribution >= 0.6 is 0 Å². The zero-order chi connectivity index (χ0) is 24.0. The van der Waals surface area contributed by atoms with Crippen molar-refractivity contribution < 1.29 is 14.3 Å². The average molecular weight is 461 g/mol. The lowest BCUT2D eigenvalue weighted by atomic mass is 9.90. The van der Waals surface area contributed by atoms with Crippen LogP contribution in [0.4, 0.5) is 5.69 Å². The molecule has 2 aliphatic rings. The molecular weight excluding hydrogens is 432 g/mol. The van der Waals surface area contributed by atoms with Crippen molar-refractivity contribution in [1.82, 2.24) is 24.4 Å².